The topological polar surface area (TPSA) is 102 Å². The van der Waals surface area contributed by atoms with Gasteiger partial charge in [-0.2, -0.15) is 0 Å². The first-order valence-corrected chi connectivity index (χ1v) is 6.81. The van der Waals surface area contributed by atoms with E-state index in [9.17, 15) is 20.0 Å². The average molecular weight is 294 g/mol. The fourth-order valence-corrected chi connectivity index (χ4v) is 2.76. The van der Waals surface area contributed by atoms with Crippen LogP contribution < -0.4 is 10.1 Å². The van der Waals surface area contributed by atoms with E-state index in [0.29, 0.717) is 0 Å². The molecule has 21 heavy (non-hydrogen) atoms. The summed E-state index contributed by atoms with van der Waals surface area (Å²) < 4.78 is 5.06. The highest BCUT2D eigenvalue weighted by molar-refractivity contribution is 6.01. The molecular formula is C14H18N2O5. The van der Waals surface area contributed by atoms with Crippen LogP contribution in [-0.2, 0) is 0 Å². The van der Waals surface area contributed by atoms with E-state index in [1.807, 2.05) is 0 Å². The van der Waals surface area contributed by atoms with Gasteiger partial charge in [0.2, 0.25) is 0 Å². The molecule has 1 aliphatic rings. The number of carbonyl (C=O) groups is 1. The molecule has 1 fully saturated rings. The van der Waals surface area contributed by atoms with E-state index in [-0.39, 0.29) is 35.6 Å². The van der Waals surface area contributed by atoms with Crippen molar-refractivity contribution >= 4 is 11.6 Å². The second-order valence-corrected chi connectivity index (χ2v) is 5.07. The summed E-state index contributed by atoms with van der Waals surface area (Å²) in [6.07, 6.45) is 2.53. The van der Waals surface area contributed by atoms with Crippen molar-refractivity contribution in [1.29, 1.82) is 0 Å². The highest BCUT2D eigenvalue weighted by Crippen LogP contribution is 2.30. The molecule has 2 rings (SSSR count). The second kappa shape index (κ2) is 6.53. The molecule has 7 nitrogen and oxygen atoms in total. The molecule has 1 amide bonds. The Morgan fingerprint density at radius 1 is 1.52 bits per heavy atom. The number of amides is 1. The van der Waals surface area contributed by atoms with Crippen molar-refractivity contribution in [3.05, 3.63) is 33.9 Å². The lowest BCUT2D eigenvalue weighted by Crippen LogP contribution is -2.38. The molecule has 7 heteroatoms. The molecular weight excluding hydrogens is 276 g/mol. The van der Waals surface area contributed by atoms with Crippen LogP contribution in [0.4, 0.5) is 5.69 Å². The highest BCUT2D eigenvalue weighted by Gasteiger charge is 2.31. The number of rotatable bonds is 5. The largest absolute Gasteiger partial charge is 0.496 e. The number of carbonyl (C=O) groups excluding carboxylic acids is 1. The van der Waals surface area contributed by atoms with Gasteiger partial charge in [-0.1, -0.05) is 12.5 Å². The van der Waals surface area contributed by atoms with Crippen molar-refractivity contribution < 1.29 is 19.6 Å². The molecule has 0 heterocycles. The highest BCUT2D eigenvalue weighted by atomic mass is 16.6. The Morgan fingerprint density at radius 3 is 2.90 bits per heavy atom. The number of nitrogens with zero attached hydrogens (tertiary/aromatic N) is 1. The van der Waals surface area contributed by atoms with Crippen molar-refractivity contribution in [3.63, 3.8) is 0 Å². The Bertz CT molecular complexity index is 546. The lowest BCUT2D eigenvalue weighted by Gasteiger charge is -2.19. The van der Waals surface area contributed by atoms with Gasteiger partial charge in [-0.15, -0.1) is 0 Å². The van der Waals surface area contributed by atoms with Gasteiger partial charge in [0.05, 0.1) is 12.0 Å². The molecule has 0 aromatic heterocycles. The molecule has 2 N–H and O–H groups in total. The number of nitro benzene ring substituents is 1. The van der Waals surface area contributed by atoms with E-state index in [4.69, 9.17) is 4.74 Å². The monoisotopic (exact) mass is 294 g/mol. The van der Waals surface area contributed by atoms with Gasteiger partial charge in [-0.05, 0) is 18.9 Å². The number of methoxy groups -OCH3 is 1. The molecule has 0 aliphatic heterocycles. The Morgan fingerprint density at radius 2 is 2.29 bits per heavy atom. The zero-order chi connectivity index (χ0) is 15.4. The summed E-state index contributed by atoms with van der Waals surface area (Å²) >= 11 is 0. The Kier molecular flexibility index (Phi) is 4.74. The smallest absolute Gasteiger partial charge is 0.285 e. The summed E-state index contributed by atoms with van der Waals surface area (Å²) in [5.41, 5.74) is -0.362. The fraction of sp³-hybridized carbons (Fsp3) is 0.500. The van der Waals surface area contributed by atoms with Gasteiger partial charge < -0.3 is 15.2 Å². The maximum absolute atomic E-state index is 12.4. The van der Waals surface area contributed by atoms with E-state index >= 15 is 0 Å². The molecule has 0 saturated heterocycles. The summed E-state index contributed by atoms with van der Waals surface area (Å²) in [4.78, 5) is 22.9. The lowest BCUT2D eigenvalue weighted by atomic mass is 10.0. The van der Waals surface area contributed by atoms with Gasteiger partial charge in [0, 0.05) is 24.6 Å². The van der Waals surface area contributed by atoms with Gasteiger partial charge >= 0.3 is 0 Å². The summed E-state index contributed by atoms with van der Waals surface area (Å²) in [5, 5.41) is 23.1. The minimum absolute atomic E-state index is 0.00103. The first kappa shape index (κ1) is 15.2. The molecule has 2 unspecified atom stereocenters. The third-order valence-electron chi connectivity index (χ3n) is 3.86. The number of aliphatic hydroxyl groups is 1. The van der Waals surface area contributed by atoms with Crippen LogP contribution in [0.3, 0.4) is 0 Å². The third kappa shape index (κ3) is 3.13. The van der Waals surface area contributed by atoms with Gasteiger partial charge in [0.1, 0.15) is 5.75 Å². The van der Waals surface area contributed by atoms with Crippen LogP contribution in [0.2, 0.25) is 0 Å². The number of ether oxygens (including phenoxy) is 1. The Hall–Kier alpha value is -2.15. The van der Waals surface area contributed by atoms with E-state index in [1.165, 1.54) is 25.3 Å². The lowest BCUT2D eigenvalue weighted by molar-refractivity contribution is -0.385. The summed E-state index contributed by atoms with van der Waals surface area (Å²) in [5.74, 6) is -0.368. The number of benzene rings is 1. The molecule has 0 bridgehead atoms. The molecule has 1 saturated carbocycles. The summed E-state index contributed by atoms with van der Waals surface area (Å²) in [7, 11) is 1.36. The molecule has 2 atom stereocenters. The average Bonchev–Trinajstić information content (AvgIpc) is 2.93. The quantitative estimate of drug-likeness (QED) is 0.633. The van der Waals surface area contributed by atoms with Crippen molar-refractivity contribution in [1.82, 2.24) is 5.32 Å². The SMILES string of the molecule is COc1cccc([N+](=O)[O-])c1C(=O)NC1CCCC1CO. The first-order valence-electron chi connectivity index (χ1n) is 6.81. The van der Waals surface area contributed by atoms with Crippen LogP contribution in [0, 0.1) is 16.0 Å². The molecule has 114 valence electrons. The van der Waals surface area contributed by atoms with Crippen LogP contribution in [0.5, 0.6) is 5.75 Å². The number of aliphatic hydroxyl groups excluding tert-OH is 1. The zero-order valence-electron chi connectivity index (χ0n) is 11.7. The molecule has 0 spiro atoms. The van der Waals surface area contributed by atoms with Crippen LogP contribution in [0.25, 0.3) is 0 Å². The number of hydrogen-bond acceptors (Lipinski definition) is 5. The van der Waals surface area contributed by atoms with Crippen LogP contribution in [0.15, 0.2) is 18.2 Å². The van der Waals surface area contributed by atoms with E-state index in [0.717, 1.165) is 19.3 Å². The molecule has 1 aromatic carbocycles. The predicted octanol–water partition coefficient (Wildman–Crippen LogP) is 1.49. The van der Waals surface area contributed by atoms with Gasteiger partial charge in [0.25, 0.3) is 11.6 Å². The van der Waals surface area contributed by atoms with E-state index < -0.39 is 10.8 Å². The third-order valence-corrected chi connectivity index (χ3v) is 3.86. The van der Waals surface area contributed by atoms with Crippen LogP contribution in [-0.4, -0.2) is 35.7 Å². The molecule has 1 aliphatic carbocycles. The second-order valence-electron chi connectivity index (χ2n) is 5.07. The Balaban J connectivity index is 2.28. The zero-order valence-corrected chi connectivity index (χ0v) is 11.7. The summed E-state index contributed by atoms with van der Waals surface area (Å²) in [6.45, 7) is -0.00103. The number of nitrogens with one attached hydrogen (secondary N) is 1. The van der Waals surface area contributed by atoms with Gasteiger partial charge in [-0.25, -0.2) is 0 Å². The van der Waals surface area contributed by atoms with E-state index in [2.05, 4.69) is 5.32 Å². The fourth-order valence-electron chi connectivity index (χ4n) is 2.76. The number of hydrogen-bond donors (Lipinski definition) is 2. The van der Waals surface area contributed by atoms with Crippen molar-refractivity contribution in [2.45, 2.75) is 25.3 Å². The van der Waals surface area contributed by atoms with E-state index in [1.54, 1.807) is 0 Å². The first-order chi connectivity index (χ1) is 10.1. The minimum Gasteiger partial charge on any atom is -0.496 e. The van der Waals surface area contributed by atoms with Crippen LogP contribution in [0.1, 0.15) is 29.6 Å². The maximum atomic E-state index is 12.4. The Labute approximate surface area is 122 Å². The predicted molar refractivity (Wildman–Crippen MR) is 75.3 cm³/mol. The number of nitro groups is 1. The minimum atomic E-state index is -0.602. The molecule has 0 radical (unpaired) electrons. The molecule has 1 aromatic rings. The van der Waals surface area contributed by atoms with Gasteiger partial charge in [-0.3, -0.25) is 14.9 Å². The maximum Gasteiger partial charge on any atom is 0.285 e. The summed E-state index contributed by atoms with van der Waals surface area (Å²) in [6, 6.07) is 4.10. The van der Waals surface area contributed by atoms with Crippen molar-refractivity contribution in [2.24, 2.45) is 5.92 Å². The normalized spacial score (nSPS) is 21.0. The standard InChI is InChI=1S/C14H18N2O5/c1-21-12-7-3-6-11(16(19)20)13(12)14(18)15-10-5-2-4-9(10)8-17/h3,6-7,9-10,17H,2,4-5,8H2,1H3,(H,15,18). The van der Waals surface area contributed by atoms with Crippen molar-refractivity contribution in [3.8, 4) is 5.75 Å². The van der Waals surface area contributed by atoms with Crippen LogP contribution >= 0.6 is 0 Å². The van der Waals surface area contributed by atoms with Gasteiger partial charge in [0.15, 0.2) is 5.56 Å². The van der Waals surface area contributed by atoms with Crippen molar-refractivity contribution in [2.75, 3.05) is 13.7 Å².